The summed E-state index contributed by atoms with van der Waals surface area (Å²) in [5.41, 5.74) is 4.48. The first kappa shape index (κ1) is 15.9. The van der Waals surface area contributed by atoms with Gasteiger partial charge in [0.15, 0.2) is 0 Å². The van der Waals surface area contributed by atoms with E-state index < -0.39 is 0 Å². The largest absolute Gasteiger partial charge is 0.299 e. The van der Waals surface area contributed by atoms with Crippen LogP contribution < -0.4 is 0 Å². The van der Waals surface area contributed by atoms with Gasteiger partial charge in [-0.1, -0.05) is 37.1 Å². The third kappa shape index (κ3) is 3.46. The molecule has 3 aromatic rings. The third-order valence-electron chi connectivity index (χ3n) is 5.17. The Morgan fingerprint density at radius 3 is 2.64 bits per heavy atom. The van der Waals surface area contributed by atoms with Crippen LogP contribution >= 0.6 is 0 Å². The topological polar surface area (TPSA) is 42.9 Å². The summed E-state index contributed by atoms with van der Waals surface area (Å²) in [7, 11) is 0. The van der Waals surface area contributed by atoms with Crippen molar-refractivity contribution in [3.63, 3.8) is 0 Å². The summed E-state index contributed by atoms with van der Waals surface area (Å²) < 4.78 is 0. The number of carbonyl (C=O) groups is 1. The van der Waals surface area contributed by atoms with Crippen molar-refractivity contribution < 1.29 is 4.79 Å². The predicted octanol–water partition coefficient (Wildman–Crippen LogP) is 4.64. The van der Waals surface area contributed by atoms with Crippen LogP contribution in [-0.4, -0.2) is 15.8 Å². The van der Waals surface area contributed by atoms with Crippen LogP contribution in [0.5, 0.6) is 0 Å². The standard InChI is InChI=1S/C22H22N2O/c25-19(12-16-6-5-11-23-14-16)13-18-15-24-21-10-4-3-9-20(21)22(18)17-7-1-2-8-17/h3-6,9-11,14-15,17H,1-2,7-8,12-13H2. The van der Waals surface area contributed by atoms with Gasteiger partial charge in [0.25, 0.3) is 0 Å². The molecule has 0 bridgehead atoms. The van der Waals surface area contributed by atoms with Gasteiger partial charge in [-0.25, -0.2) is 0 Å². The lowest BCUT2D eigenvalue weighted by Crippen LogP contribution is -2.11. The molecule has 0 saturated heterocycles. The minimum absolute atomic E-state index is 0.226. The fraction of sp³-hybridized carbons (Fsp3) is 0.318. The minimum atomic E-state index is 0.226. The molecular formula is C22H22N2O. The second-order valence-electron chi connectivity index (χ2n) is 6.95. The highest BCUT2D eigenvalue weighted by Crippen LogP contribution is 2.39. The van der Waals surface area contributed by atoms with Gasteiger partial charge >= 0.3 is 0 Å². The molecule has 1 aromatic carbocycles. The molecule has 0 aliphatic heterocycles. The number of para-hydroxylation sites is 1. The van der Waals surface area contributed by atoms with Crippen LogP contribution in [0.25, 0.3) is 10.9 Å². The Morgan fingerprint density at radius 1 is 1.00 bits per heavy atom. The molecule has 3 nitrogen and oxygen atoms in total. The predicted molar refractivity (Wildman–Crippen MR) is 99.6 cm³/mol. The number of fused-ring (bicyclic) bond motifs is 1. The summed E-state index contributed by atoms with van der Waals surface area (Å²) in [6.45, 7) is 0. The van der Waals surface area contributed by atoms with Crippen molar-refractivity contribution in [2.45, 2.75) is 44.4 Å². The molecule has 2 aromatic heterocycles. The Morgan fingerprint density at radius 2 is 1.84 bits per heavy atom. The van der Waals surface area contributed by atoms with E-state index in [4.69, 9.17) is 0 Å². The Bertz CT molecular complexity index is 883. The second kappa shape index (κ2) is 7.14. The van der Waals surface area contributed by atoms with Crippen LogP contribution in [0.1, 0.15) is 48.3 Å². The van der Waals surface area contributed by atoms with Crippen LogP contribution in [0.4, 0.5) is 0 Å². The van der Waals surface area contributed by atoms with Gasteiger partial charge in [0.1, 0.15) is 5.78 Å². The zero-order chi connectivity index (χ0) is 17.1. The second-order valence-corrected chi connectivity index (χ2v) is 6.95. The molecule has 0 amide bonds. The lowest BCUT2D eigenvalue weighted by atomic mass is 9.88. The number of rotatable bonds is 5. The van der Waals surface area contributed by atoms with E-state index in [1.54, 1.807) is 12.4 Å². The third-order valence-corrected chi connectivity index (χ3v) is 5.17. The normalized spacial score (nSPS) is 14.9. The Kier molecular flexibility index (Phi) is 4.55. The molecule has 3 heteroatoms. The highest BCUT2D eigenvalue weighted by Gasteiger charge is 2.23. The van der Waals surface area contributed by atoms with Gasteiger partial charge < -0.3 is 0 Å². The molecule has 0 unspecified atom stereocenters. The number of hydrogen-bond donors (Lipinski definition) is 0. The van der Waals surface area contributed by atoms with Crippen LogP contribution in [0, 0.1) is 0 Å². The summed E-state index contributed by atoms with van der Waals surface area (Å²) >= 11 is 0. The Hall–Kier alpha value is -2.55. The lowest BCUT2D eigenvalue weighted by Gasteiger charge is -2.18. The molecule has 1 aliphatic carbocycles. The molecule has 126 valence electrons. The zero-order valence-corrected chi connectivity index (χ0v) is 14.3. The van der Waals surface area contributed by atoms with Crippen molar-refractivity contribution in [3.8, 4) is 0 Å². The van der Waals surface area contributed by atoms with E-state index in [0.29, 0.717) is 18.8 Å². The molecule has 0 spiro atoms. The fourth-order valence-corrected chi connectivity index (χ4v) is 4.05. The summed E-state index contributed by atoms with van der Waals surface area (Å²) in [6, 6.07) is 12.2. The molecule has 25 heavy (non-hydrogen) atoms. The van der Waals surface area contributed by atoms with E-state index in [1.807, 2.05) is 24.4 Å². The van der Waals surface area contributed by atoms with E-state index in [1.165, 1.54) is 36.6 Å². The quantitative estimate of drug-likeness (QED) is 0.684. The van der Waals surface area contributed by atoms with Gasteiger partial charge in [-0.2, -0.15) is 0 Å². The van der Waals surface area contributed by atoms with Crippen molar-refractivity contribution in [2.75, 3.05) is 0 Å². The molecule has 2 heterocycles. The van der Waals surface area contributed by atoms with Crippen molar-refractivity contribution >= 4 is 16.7 Å². The van der Waals surface area contributed by atoms with Gasteiger partial charge in [-0.05, 0) is 47.6 Å². The van der Waals surface area contributed by atoms with Gasteiger partial charge in [-0.3, -0.25) is 14.8 Å². The minimum Gasteiger partial charge on any atom is -0.299 e. The molecule has 1 aliphatic rings. The van der Waals surface area contributed by atoms with Gasteiger partial charge in [0.05, 0.1) is 5.52 Å². The molecule has 0 atom stereocenters. The summed E-state index contributed by atoms with van der Waals surface area (Å²) in [5, 5.41) is 1.22. The highest BCUT2D eigenvalue weighted by molar-refractivity contribution is 5.88. The monoisotopic (exact) mass is 330 g/mol. The van der Waals surface area contributed by atoms with E-state index >= 15 is 0 Å². The Balaban J connectivity index is 1.66. The smallest absolute Gasteiger partial charge is 0.141 e. The first-order chi connectivity index (χ1) is 12.3. The number of aromatic nitrogens is 2. The summed E-state index contributed by atoms with van der Waals surface area (Å²) in [4.78, 5) is 21.3. The number of hydrogen-bond acceptors (Lipinski definition) is 3. The molecular weight excluding hydrogens is 308 g/mol. The number of benzene rings is 1. The van der Waals surface area contributed by atoms with Crippen LogP contribution in [0.15, 0.2) is 55.0 Å². The molecule has 0 radical (unpaired) electrons. The van der Waals surface area contributed by atoms with Gasteiger partial charge in [-0.15, -0.1) is 0 Å². The lowest BCUT2D eigenvalue weighted by molar-refractivity contribution is -0.117. The zero-order valence-electron chi connectivity index (χ0n) is 14.3. The van der Waals surface area contributed by atoms with Crippen LogP contribution in [0.2, 0.25) is 0 Å². The first-order valence-electron chi connectivity index (χ1n) is 9.08. The number of Topliss-reactive ketones (excluding diaryl/α,β-unsaturated/α-hetero) is 1. The highest BCUT2D eigenvalue weighted by atomic mass is 16.1. The van der Waals surface area contributed by atoms with E-state index in [2.05, 4.69) is 28.2 Å². The van der Waals surface area contributed by atoms with E-state index in [0.717, 1.165) is 16.6 Å². The maximum atomic E-state index is 12.6. The SMILES string of the molecule is O=C(Cc1cccnc1)Cc1cnc2ccccc2c1C1CCCC1. The van der Waals surface area contributed by atoms with Crippen molar-refractivity contribution in [2.24, 2.45) is 0 Å². The van der Waals surface area contributed by atoms with Crippen molar-refractivity contribution in [3.05, 3.63) is 71.7 Å². The maximum absolute atomic E-state index is 12.6. The van der Waals surface area contributed by atoms with E-state index in [-0.39, 0.29) is 5.78 Å². The number of pyridine rings is 2. The van der Waals surface area contributed by atoms with Crippen molar-refractivity contribution in [1.29, 1.82) is 0 Å². The molecule has 1 fully saturated rings. The average Bonchev–Trinajstić information content (AvgIpc) is 3.16. The Labute approximate surface area is 148 Å². The number of carbonyl (C=O) groups excluding carboxylic acids is 1. The van der Waals surface area contributed by atoms with E-state index in [9.17, 15) is 4.79 Å². The fourth-order valence-electron chi connectivity index (χ4n) is 4.05. The summed E-state index contributed by atoms with van der Waals surface area (Å²) in [6.07, 6.45) is 11.3. The summed E-state index contributed by atoms with van der Waals surface area (Å²) in [5.74, 6) is 0.790. The number of ketones is 1. The van der Waals surface area contributed by atoms with Crippen molar-refractivity contribution in [1.82, 2.24) is 9.97 Å². The van der Waals surface area contributed by atoms with Crippen LogP contribution in [0.3, 0.4) is 0 Å². The number of nitrogens with zero attached hydrogens (tertiary/aromatic N) is 2. The van der Waals surface area contributed by atoms with Gasteiger partial charge in [0.2, 0.25) is 0 Å². The molecule has 1 saturated carbocycles. The molecule has 4 rings (SSSR count). The van der Waals surface area contributed by atoms with Crippen LogP contribution in [-0.2, 0) is 17.6 Å². The van der Waals surface area contributed by atoms with Gasteiger partial charge in [0, 0.05) is 36.8 Å². The average molecular weight is 330 g/mol. The first-order valence-corrected chi connectivity index (χ1v) is 9.08. The maximum Gasteiger partial charge on any atom is 0.141 e. The molecule has 0 N–H and O–H groups in total.